The van der Waals surface area contributed by atoms with Gasteiger partial charge in [0, 0.05) is 6.54 Å². The van der Waals surface area contributed by atoms with Gasteiger partial charge in [-0.3, -0.25) is 4.98 Å². The Bertz CT molecular complexity index is 349. The predicted octanol–water partition coefficient (Wildman–Crippen LogP) is 4.57. The fourth-order valence-corrected chi connectivity index (χ4v) is 2.16. The van der Waals surface area contributed by atoms with E-state index in [-0.39, 0.29) is 0 Å². The Balaban J connectivity index is 2.10. The van der Waals surface area contributed by atoms with E-state index < -0.39 is 0 Å². The number of nitrogens with one attached hydrogen (secondary N) is 1. The molecule has 3 heteroatoms. The van der Waals surface area contributed by atoms with Crippen LogP contribution >= 0.6 is 0 Å². The molecule has 0 aromatic carbocycles. The van der Waals surface area contributed by atoms with Crippen LogP contribution in [0.25, 0.3) is 0 Å². The lowest BCUT2D eigenvalue weighted by molar-refractivity contribution is 0.303. The largest absolute Gasteiger partial charge is 0.492 e. The van der Waals surface area contributed by atoms with Crippen LogP contribution in [0.4, 0.5) is 0 Å². The van der Waals surface area contributed by atoms with Crippen LogP contribution < -0.4 is 10.1 Å². The summed E-state index contributed by atoms with van der Waals surface area (Å²) in [7, 11) is 0. The van der Waals surface area contributed by atoms with Gasteiger partial charge in [0.1, 0.15) is 5.75 Å². The van der Waals surface area contributed by atoms with Crippen molar-refractivity contribution in [3.8, 4) is 5.75 Å². The zero-order valence-electron chi connectivity index (χ0n) is 14.0. The molecule has 0 fully saturated rings. The van der Waals surface area contributed by atoms with E-state index >= 15 is 0 Å². The van der Waals surface area contributed by atoms with Crippen LogP contribution in [0.15, 0.2) is 18.3 Å². The minimum atomic E-state index is 0.671. The Morgan fingerprint density at radius 3 is 2.52 bits per heavy atom. The van der Waals surface area contributed by atoms with Crippen molar-refractivity contribution in [1.29, 1.82) is 0 Å². The molecule has 21 heavy (non-hydrogen) atoms. The summed E-state index contributed by atoms with van der Waals surface area (Å²) in [5, 5.41) is 3.39. The maximum absolute atomic E-state index is 5.73. The van der Waals surface area contributed by atoms with E-state index in [1.54, 1.807) is 0 Å². The van der Waals surface area contributed by atoms with Crippen molar-refractivity contribution >= 4 is 0 Å². The first-order valence-corrected chi connectivity index (χ1v) is 8.50. The molecule has 1 aromatic heterocycles. The maximum atomic E-state index is 5.73. The van der Waals surface area contributed by atoms with Crippen molar-refractivity contribution < 1.29 is 4.74 Å². The molecule has 1 aromatic rings. The zero-order valence-corrected chi connectivity index (χ0v) is 14.0. The van der Waals surface area contributed by atoms with Gasteiger partial charge in [-0.05, 0) is 31.0 Å². The van der Waals surface area contributed by atoms with E-state index in [2.05, 4.69) is 31.1 Å². The van der Waals surface area contributed by atoms with E-state index in [4.69, 9.17) is 4.74 Å². The van der Waals surface area contributed by atoms with Crippen LogP contribution in [-0.2, 0) is 6.54 Å². The van der Waals surface area contributed by atoms with Crippen molar-refractivity contribution in [1.82, 2.24) is 10.3 Å². The molecule has 0 amide bonds. The number of unbranched alkanes of at least 4 members (excludes halogenated alkanes) is 5. The fraction of sp³-hybridized carbons (Fsp3) is 0.722. The molecule has 1 heterocycles. The molecule has 3 nitrogen and oxygen atoms in total. The predicted molar refractivity (Wildman–Crippen MR) is 89.7 cm³/mol. The first-order chi connectivity index (χ1) is 10.2. The molecule has 1 N–H and O–H groups in total. The van der Waals surface area contributed by atoms with Crippen LogP contribution in [0.2, 0.25) is 0 Å². The highest BCUT2D eigenvalue weighted by molar-refractivity contribution is 5.19. The van der Waals surface area contributed by atoms with Gasteiger partial charge in [0.2, 0.25) is 0 Å². The SMILES string of the molecule is CCCCCCCCOc1ccc(CNCC(C)C)nc1. The molecule has 0 spiro atoms. The summed E-state index contributed by atoms with van der Waals surface area (Å²) in [6.07, 6.45) is 9.60. The Kier molecular flexibility index (Phi) is 9.88. The number of aromatic nitrogens is 1. The number of nitrogens with zero attached hydrogens (tertiary/aromatic N) is 1. The first kappa shape index (κ1) is 18.0. The molecule has 0 bridgehead atoms. The highest BCUT2D eigenvalue weighted by Gasteiger charge is 1.99. The van der Waals surface area contributed by atoms with Crippen LogP contribution in [0.5, 0.6) is 5.75 Å². The molecular weight excluding hydrogens is 260 g/mol. The molecule has 0 saturated heterocycles. The molecule has 0 unspecified atom stereocenters. The monoisotopic (exact) mass is 292 g/mol. The topological polar surface area (TPSA) is 34.1 Å². The maximum Gasteiger partial charge on any atom is 0.137 e. The van der Waals surface area contributed by atoms with Gasteiger partial charge in [0.05, 0.1) is 18.5 Å². The molecular formula is C18H32N2O. The molecule has 0 radical (unpaired) electrons. The second-order valence-electron chi connectivity index (χ2n) is 6.13. The minimum Gasteiger partial charge on any atom is -0.492 e. The fourth-order valence-electron chi connectivity index (χ4n) is 2.16. The third-order valence-electron chi connectivity index (χ3n) is 3.42. The van der Waals surface area contributed by atoms with Gasteiger partial charge in [0.15, 0.2) is 0 Å². The number of ether oxygens (including phenoxy) is 1. The Hall–Kier alpha value is -1.09. The summed E-state index contributed by atoms with van der Waals surface area (Å²) in [4.78, 5) is 4.43. The van der Waals surface area contributed by atoms with Gasteiger partial charge in [-0.1, -0.05) is 52.9 Å². The number of rotatable bonds is 12. The van der Waals surface area contributed by atoms with Gasteiger partial charge in [-0.15, -0.1) is 0 Å². The van der Waals surface area contributed by atoms with Crippen LogP contribution in [0.1, 0.15) is 65.0 Å². The quantitative estimate of drug-likeness (QED) is 0.573. The van der Waals surface area contributed by atoms with Crippen molar-refractivity contribution in [3.05, 3.63) is 24.0 Å². The summed E-state index contributed by atoms with van der Waals surface area (Å²) in [5.41, 5.74) is 1.07. The molecule has 1 rings (SSSR count). The van der Waals surface area contributed by atoms with E-state index in [9.17, 15) is 0 Å². The summed E-state index contributed by atoms with van der Waals surface area (Å²) >= 11 is 0. The smallest absolute Gasteiger partial charge is 0.137 e. The van der Waals surface area contributed by atoms with E-state index in [0.29, 0.717) is 5.92 Å². The van der Waals surface area contributed by atoms with Crippen molar-refractivity contribution in [3.63, 3.8) is 0 Å². The molecule has 120 valence electrons. The Labute approximate surface area is 130 Å². The van der Waals surface area contributed by atoms with E-state index in [0.717, 1.165) is 37.6 Å². The lowest BCUT2D eigenvalue weighted by Gasteiger charge is -2.08. The standard InChI is InChI=1S/C18H32N2O/c1-4-5-6-7-8-9-12-21-18-11-10-17(20-15-18)14-19-13-16(2)3/h10-11,15-16,19H,4-9,12-14H2,1-3H3. The second kappa shape index (κ2) is 11.6. The average molecular weight is 292 g/mol. The molecule has 0 aliphatic heterocycles. The van der Waals surface area contributed by atoms with Gasteiger partial charge in [0.25, 0.3) is 0 Å². The summed E-state index contributed by atoms with van der Waals surface area (Å²) in [6.45, 7) is 9.32. The minimum absolute atomic E-state index is 0.671. The molecule has 0 aliphatic carbocycles. The van der Waals surface area contributed by atoms with E-state index in [1.165, 1.54) is 32.1 Å². The number of hydrogen-bond acceptors (Lipinski definition) is 3. The Morgan fingerprint density at radius 1 is 1.10 bits per heavy atom. The lowest BCUT2D eigenvalue weighted by atomic mass is 10.1. The number of hydrogen-bond donors (Lipinski definition) is 1. The number of pyridine rings is 1. The zero-order chi connectivity index (χ0) is 15.3. The lowest BCUT2D eigenvalue weighted by Crippen LogP contribution is -2.19. The van der Waals surface area contributed by atoms with Crippen molar-refractivity contribution in [2.75, 3.05) is 13.2 Å². The van der Waals surface area contributed by atoms with E-state index in [1.807, 2.05) is 18.3 Å². The van der Waals surface area contributed by atoms with Crippen molar-refractivity contribution in [2.45, 2.75) is 65.8 Å². The van der Waals surface area contributed by atoms with Gasteiger partial charge >= 0.3 is 0 Å². The Morgan fingerprint density at radius 2 is 1.86 bits per heavy atom. The third-order valence-corrected chi connectivity index (χ3v) is 3.42. The second-order valence-corrected chi connectivity index (χ2v) is 6.13. The summed E-state index contributed by atoms with van der Waals surface area (Å²) in [6, 6.07) is 4.07. The highest BCUT2D eigenvalue weighted by atomic mass is 16.5. The third kappa shape index (κ3) is 9.46. The normalized spacial score (nSPS) is 11.0. The van der Waals surface area contributed by atoms with Gasteiger partial charge < -0.3 is 10.1 Å². The summed E-state index contributed by atoms with van der Waals surface area (Å²) < 4.78 is 5.73. The molecule has 0 aliphatic rings. The van der Waals surface area contributed by atoms with Gasteiger partial charge in [-0.2, -0.15) is 0 Å². The molecule has 0 atom stereocenters. The molecule has 0 saturated carbocycles. The highest BCUT2D eigenvalue weighted by Crippen LogP contribution is 2.11. The van der Waals surface area contributed by atoms with Crippen molar-refractivity contribution in [2.24, 2.45) is 5.92 Å². The van der Waals surface area contributed by atoms with Crippen LogP contribution in [-0.4, -0.2) is 18.1 Å². The average Bonchev–Trinajstić information content (AvgIpc) is 2.47. The van der Waals surface area contributed by atoms with Crippen LogP contribution in [0.3, 0.4) is 0 Å². The summed E-state index contributed by atoms with van der Waals surface area (Å²) in [5.74, 6) is 1.56. The van der Waals surface area contributed by atoms with Gasteiger partial charge in [-0.25, -0.2) is 0 Å². The van der Waals surface area contributed by atoms with Crippen LogP contribution in [0, 0.1) is 5.92 Å². The first-order valence-electron chi connectivity index (χ1n) is 8.50.